The number of hydrogen-bond acceptors (Lipinski definition) is 5. The number of halogens is 1. The Kier molecular flexibility index (Phi) is 4.11. The van der Waals surface area contributed by atoms with E-state index in [2.05, 4.69) is 20.4 Å². The van der Waals surface area contributed by atoms with Gasteiger partial charge in [-0.3, -0.25) is 4.79 Å². The zero-order valence-electron chi connectivity index (χ0n) is 14.5. The molecule has 28 heavy (non-hydrogen) atoms. The molecule has 2 aromatic carbocycles. The van der Waals surface area contributed by atoms with Crippen molar-refractivity contribution in [1.82, 2.24) is 19.6 Å². The van der Waals surface area contributed by atoms with Crippen molar-refractivity contribution >= 4 is 43.9 Å². The molecule has 5 rings (SSSR count). The smallest absolute Gasteiger partial charge is 0.248 e. The number of para-hydroxylation sites is 1. The molecule has 138 valence electrons. The van der Waals surface area contributed by atoms with Gasteiger partial charge in [0.2, 0.25) is 15.7 Å². The van der Waals surface area contributed by atoms with Gasteiger partial charge in [-0.2, -0.15) is 0 Å². The van der Waals surface area contributed by atoms with Crippen molar-refractivity contribution in [2.24, 2.45) is 0 Å². The van der Waals surface area contributed by atoms with Gasteiger partial charge in [0.25, 0.3) is 0 Å². The van der Waals surface area contributed by atoms with Crippen LogP contribution in [-0.2, 0) is 6.54 Å². The molecule has 0 unspecified atom stereocenters. The third-order valence-corrected chi connectivity index (χ3v) is 5.58. The number of imidazole rings is 1. The van der Waals surface area contributed by atoms with Gasteiger partial charge in [0, 0.05) is 34.1 Å². The van der Waals surface area contributed by atoms with E-state index in [-0.39, 0.29) is 5.56 Å². The van der Waals surface area contributed by atoms with Crippen LogP contribution in [0.4, 0.5) is 5.13 Å². The Bertz CT molecular complexity index is 1320. The van der Waals surface area contributed by atoms with Crippen molar-refractivity contribution in [3.8, 4) is 11.3 Å². The maximum Gasteiger partial charge on any atom is 0.248 e. The molecule has 2 N–H and O–H groups in total. The molecule has 0 saturated heterocycles. The number of aromatic nitrogens is 4. The number of H-pyrrole nitrogens is 1. The van der Waals surface area contributed by atoms with Crippen LogP contribution in [0.2, 0.25) is 5.02 Å². The predicted octanol–water partition coefficient (Wildman–Crippen LogP) is 4.56. The van der Waals surface area contributed by atoms with Crippen LogP contribution >= 0.6 is 22.9 Å². The summed E-state index contributed by atoms with van der Waals surface area (Å²) in [5, 5.41) is 10.3. The highest BCUT2D eigenvalue weighted by Crippen LogP contribution is 2.26. The summed E-state index contributed by atoms with van der Waals surface area (Å²) in [6.45, 7) is 0.505. The topological polar surface area (TPSA) is 75.1 Å². The lowest BCUT2D eigenvalue weighted by atomic mass is 10.1. The Morgan fingerprint density at radius 1 is 1.14 bits per heavy atom. The minimum absolute atomic E-state index is 0.114. The first-order valence-corrected chi connectivity index (χ1v) is 9.82. The normalized spacial score (nSPS) is 11.3. The van der Waals surface area contributed by atoms with E-state index in [1.54, 1.807) is 10.6 Å². The van der Waals surface area contributed by atoms with Crippen molar-refractivity contribution in [1.29, 1.82) is 0 Å². The van der Waals surface area contributed by atoms with Crippen LogP contribution in [0.15, 0.2) is 65.6 Å². The first-order chi connectivity index (χ1) is 13.7. The van der Waals surface area contributed by atoms with Gasteiger partial charge in [-0.05, 0) is 23.8 Å². The summed E-state index contributed by atoms with van der Waals surface area (Å²) < 4.78 is 1.76. The molecule has 0 aliphatic heterocycles. The van der Waals surface area contributed by atoms with Gasteiger partial charge in [-0.1, -0.05) is 53.3 Å². The molecule has 3 aromatic heterocycles. The molecule has 0 aliphatic rings. The minimum Gasteiger partial charge on any atom is -0.356 e. The van der Waals surface area contributed by atoms with E-state index in [9.17, 15) is 4.79 Å². The Balaban J connectivity index is 1.40. The fourth-order valence-corrected chi connectivity index (χ4v) is 4.03. The lowest BCUT2D eigenvalue weighted by Crippen LogP contribution is -2.09. The lowest BCUT2D eigenvalue weighted by molar-refractivity contribution is 0.962. The number of rotatable bonds is 4. The number of anilines is 1. The molecule has 0 fully saturated rings. The summed E-state index contributed by atoms with van der Waals surface area (Å²) >= 11 is 7.41. The van der Waals surface area contributed by atoms with Crippen molar-refractivity contribution in [2.75, 3.05) is 5.32 Å². The zero-order valence-corrected chi connectivity index (χ0v) is 16.1. The van der Waals surface area contributed by atoms with Crippen LogP contribution in [0, 0.1) is 0 Å². The minimum atomic E-state index is -0.114. The SMILES string of the molecule is O=c1cc(CNc2nn3cc(-c4ccc(Cl)cc4)nc3s2)c2ccccc2[nH]1. The van der Waals surface area contributed by atoms with E-state index in [1.165, 1.54) is 11.3 Å². The number of aromatic amines is 1. The molecule has 0 saturated carbocycles. The fourth-order valence-electron chi connectivity index (χ4n) is 3.13. The maximum atomic E-state index is 11.9. The van der Waals surface area contributed by atoms with Crippen LogP contribution in [0.25, 0.3) is 27.1 Å². The molecule has 0 spiro atoms. The number of fused-ring (bicyclic) bond motifs is 2. The molecular formula is C20H14ClN5OS. The largest absolute Gasteiger partial charge is 0.356 e. The molecule has 6 nitrogen and oxygen atoms in total. The second kappa shape index (κ2) is 6.78. The number of nitrogens with one attached hydrogen (secondary N) is 2. The summed E-state index contributed by atoms with van der Waals surface area (Å²) in [6.07, 6.45) is 1.89. The van der Waals surface area contributed by atoms with Gasteiger partial charge < -0.3 is 10.3 Å². The van der Waals surface area contributed by atoms with Gasteiger partial charge in [-0.15, -0.1) is 5.10 Å². The van der Waals surface area contributed by atoms with Crippen LogP contribution in [-0.4, -0.2) is 19.6 Å². The second-order valence-electron chi connectivity index (χ2n) is 6.33. The molecule has 0 atom stereocenters. The Labute approximate surface area is 168 Å². The average Bonchev–Trinajstić information content (AvgIpc) is 3.25. The fraction of sp³-hybridized carbons (Fsp3) is 0.0500. The van der Waals surface area contributed by atoms with Gasteiger partial charge in [0.05, 0.1) is 11.9 Å². The van der Waals surface area contributed by atoms with Gasteiger partial charge in [0.1, 0.15) is 0 Å². The van der Waals surface area contributed by atoms with E-state index in [4.69, 9.17) is 11.6 Å². The maximum absolute atomic E-state index is 11.9. The molecule has 0 bridgehead atoms. The van der Waals surface area contributed by atoms with E-state index >= 15 is 0 Å². The summed E-state index contributed by atoms with van der Waals surface area (Å²) in [5.41, 5.74) is 3.48. The Hall–Kier alpha value is -3.16. The highest BCUT2D eigenvalue weighted by molar-refractivity contribution is 7.20. The first kappa shape index (κ1) is 17.0. The third-order valence-electron chi connectivity index (χ3n) is 4.45. The second-order valence-corrected chi connectivity index (χ2v) is 7.72. The molecule has 0 aliphatic carbocycles. The van der Waals surface area contributed by atoms with Crippen LogP contribution in [0.3, 0.4) is 0 Å². The van der Waals surface area contributed by atoms with Crippen molar-refractivity contribution in [2.45, 2.75) is 6.54 Å². The third kappa shape index (κ3) is 3.15. The van der Waals surface area contributed by atoms with Gasteiger partial charge in [-0.25, -0.2) is 9.50 Å². The summed E-state index contributed by atoms with van der Waals surface area (Å²) in [7, 11) is 0. The van der Waals surface area contributed by atoms with Crippen molar-refractivity contribution in [3.05, 3.63) is 81.7 Å². The molecule has 0 amide bonds. The Morgan fingerprint density at radius 2 is 1.96 bits per heavy atom. The summed E-state index contributed by atoms with van der Waals surface area (Å²) in [6, 6.07) is 16.9. The van der Waals surface area contributed by atoms with E-state index in [0.29, 0.717) is 11.6 Å². The van der Waals surface area contributed by atoms with Gasteiger partial charge in [0.15, 0.2) is 0 Å². The van der Waals surface area contributed by atoms with E-state index in [0.717, 1.165) is 37.8 Å². The number of nitrogens with zero attached hydrogens (tertiary/aromatic N) is 3. The monoisotopic (exact) mass is 407 g/mol. The number of hydrogen-bond donors (Lipinski definition) is 2. The van der Waals surface area contributed by atoms with Crippen LogP contribution in [0.5, 0.6) is 0 Å². The average molecular weight is 408 g/mol. The van der Waals surface area contributed by atoms with Crippen LogP contribution < -0.4 is 10.9 Å². The van der Waals surface area contributed by atoms with Crippen molar-refractivity contribution in [3.63, 3.8) is 0 Å². The lowest BCUT2D eigenvalue weighted by Gasteiger charge is -2.06. The summed E-state index contributed by atoms with van der Waals surface area (Å²) in [5.74, 6) is 0. The molecule has 3 heterocycles. The zero-order chi connectivity index (χ0) is 19.1. The molecule has 8 heteroatoms. The van der Waals surface area contributed by atoms with Crippen LogP contribution in [0.1, 0.15) is 5.56 Å². The van der Waals surface area contributed by atoms with E-state index in [1.807, 2.05) is 54.7 Å². The molecular weight excluding hydrogens is 394 g/mol. The predicted molar refractivity (Wildman–Crippen MR) is 113 cm³/mol. The Morgan fingerprint density at radius 3 is 2.79 bits per heavy atom. The highest BCUT2D eigenvalue weighted by atomic mass is 35.5. The standard InChI is InChI=1S/C20H14ClN5OS/c21-14-7-5-12(6-8-14)17-11-26-20(24-17)28-19(25-26)22-10-13-9-18(27)23-16-4-2-1-3-15(13)16/h1-9,11H,10H2,(H,22,25)(H,23,27). The number of benzene rings is 2. The first-order valence-electron chi connectivity index (χ1n) is 8.63. The number of pyridine rings is 1. The van der Waals surface area contributed by atoms with Gasteiger partial charge >= 0.3 is 0 Å². The van der Waals surface area contributed by atoms with E-state index < -0.39 is 0 Å². The van der Waals surface area contributed by atoms with Crippen molar-refractivity contribution < 1.29 is 0 Å². The molecule has 5 aromatic rings. The quantitative estimate of drug-likeness (QED) is 0.457. The molecule has 0 radical (unpaired) electrons. The highest BCUT2D eigenvalue weighted by Gasteiger charge is 2.10. The summed E-state index contributed by atoms with van der Waals surface area (Å²) in [4.78, 5) is 20.2.